The summed E-state index contributed by atoms with van der Waals surface area (Å²) in [5.41, 5.74) is 0. The molecule has 0 radical (unpaired) electrons. The SMILES string of the molecule is CCOCCCN(CC)C(=O)n1cnc(S(=O)(=O)CC)n1. The minimum absolute atomic E-state index is 0.100. The van der Waals surface area contributed by atoms with E-state index in [4.69, 9.17) is 4.74 Å². The Labute approximate surface area is 125 Å². The Kier molecular flexibility index (Phi) is 6.76. The second-order valence-electron chi connectivity index (χ2n) is 4.29. The molecule has 0 saturated carbocycles. The molecule has 9 heteroatoms. The van der Waals surface area contributed by atoms with Gasteiger partial charge < -0.3 is 9.64 Å². The van der Waals surface area contributed by atoms with Gasteiger partial charge in [0.05, 0.1) is 5.75 Å². The number of hydrogen-bond acceptors (Lipinski definition) is 6. The molecule has 0 aromatic carbocycles. The molecule has 0 aliphatic rings. The zero-order chi connectivity index (χ0) is 15.9. The van der Waals surface area contributed by atoms with E-state index in [1.807, 2.05) is 13.8 Å². The predicted molar refractivity (Wildman–Crippen MR) is 76.9 cm³/mol. The van der Waals surface area contributed by atoms with Gasteiger partial charge in [0, 0.05) is 26.3 Å². The maximum absolute atomic E-state index is 12.2. The summed E-state index contributed by atoms with van der Waals surface area (Å²) in [5.74, 6) is -0.100. The van der Waals surface area contributed by atoms with Crippen LogP contribution in [0.1, 0.15) is 27.2 Å². The second-order valence-corrected chi connectivity index (χ2v) is 6.46. The van der Waals surface area contributed by atoms with Crippen LogP contribution in [-0.2, 0) is 14.6 Å². The van der Waals surface area contributed by atoms with E-state index in [9.17, 15) is 13.2 Å². The molecule has 0 aliphatic carbocycles. The summed E-state index contributed by atoms with van der Waals surface area (Å²) in [6, 6.07) is -0.390. The molecule has 120 valence electrons. The number of sulfone groups is 1. The second kappa shape index (κ2) is 8.08. The Hall–Kier alpha value is -1.48. The molecular weight excluding hydrogens is 296 g/mol. The van der Waals surface area contributed by atoms with Gasteiger partial charge in [-0.1, -0.05) is 6.92 Å². The van der Waals surface area contributed by atoms with E-state index in [-0.39, 0.29) is 16.9 Å². The van der Waals surface area contributed by atoms with Crippen LogP contribution in [0.3, 0.4) is 0 Å². The lowest BCUT2D eigenvalue weighted by Crippen LogP contribution is -2.36. The van der Waals surface area contributed by atoms with Gasteiger partial charge in [0.15, 0.2) is 0 Å². The van der Waals surface area contributed by atoms with Crippen LogP contribution in [0.2, 0.25) is 0 Å². The molecule has 1 amide bonds. The third-order valence-electron chi connectivity index (χ3n) is 2.90. The molecular formula is C12H22N4O4S. The summed E-state index contributed by atoms with van der Waals surface area (Å²) < 4.78 is 29.5. The van der Waals surface area contributed by atoms with Gasteiger partial charge in [-0.3, -0.25) is 0 Å². The zero-order valence-electron chi connectivity index (χ0n) is 12.7. The van der Waals surface area contributed by atoms with E-state index < -0.39 is 9.84 Å². The Balaban J connectivity index is 2.72. The van der Waals surface area contributed by atoms with Gasteiger partial charge in [-0.25, -0.2) is 18.2 Å². The smallest absolute Gasteiger partial charge is 0.346 e. The topological polar surface area (TPSA) is 94.4 Å². The Bertz CT molecular complexity index is 555. The molecule has 1 rings (SSSR count). The maximum atomic E-state index is 12.2. The van der Waals surface area contributed by atoms with Crippen molar-refractivity contribution in [3.05, 3.63) is 6.33 Å². The van der Waals surface area contributed by atoms with Crippen LogP contribution in [0.4, 0.5) is 4.79 Å². The fraction of sp³-hybridized carbons (Fsp3) is 0.750. The van der Waals surface area contributed by atoms with Crippen molar-refractivity contribution in [1.29, 1.82) is 0 Å². The van der Waals surface area contributed by atoms with Gasteiger partial charge in [-0.05, 0) is 20.3 Å². The molecule has 0 atom stereocenters. The molecule has 21 heavy (non-hydrogen) atoms. The van der Waals surface area contributed by atoms with Crippen LogP contribution in [0.5, 0.6) is 0 Å². The first kappa shape index (κ1) is 17.6. The third-order valence-corrected chi connectivity index (χ3v) is 4.40. The highest BCUT2D eigenvalue weighted by Gasteiger charge is 2.21. The van der Waals surface area contributed by atoms with Crippen LogP contribution in [0.25, 0.3) is 0 Å². The van der Waals surface area contributed by atoms with E-state index in [1.54, 1.807) is 4.90 Å². The van der Waals surface area contributed by atoms with Gasteiger partial charge in [-0.2, -0.15) is 4.68 Å². The van der Waals surface area contributed by atoms with Gasteiger partial charge in [0.25, 0.3) is 5.16 Å². The van der Waals surface area contributed by atoms with Crippen molar-refractivity contribution in [3.8, 4) is 0 Å². The lowest BCUT2D eigenvalue weighted by atomic mass is 10.4. The maximum Gasteiger partial charge on any atom is 0.346 e. The van der Waals surface area contributed by atoms with Gasteiger partial charge in [0.2, 0.25) is 9.84 Å². The van der Waals surface area contributed by atoms with Crippen molar-refractivity contribution in [3.63, 3.8) is 0 Å². The van der Waals surface area contributed by atoms with Crippen molar-refractivity contribution in [1.82, 2.24) is 19.7 Å². The fourth-order valence-electron chi connectivity index (χ4n) is 1.65. The van der Waals surface area contributed by atoms with E-state index in [0.29, 0.717) is 32.7 Å². The number of carbonyl (C=O) groups is 1. The predicted octanol–water partition coefficient (Wildman–Crippen LogP) is 0.788. The largest absolute Gasteiger partial charge is 0.382 e. The van der Waals surface area contributed by atoms with Gasteiger partial charge in [-0.15, -0.1) is 5.10 Å². The molecule has 8 nitrogen and oxygen atoms in total. The highest BCUT2D eigenvalue weighted by Crippen LogP contribution is 2.05. The van der Waals surface area contributed by atoms with E-state index in [0.717, 1.165) is 11.0 Å². The molecule has 0 unspecified atom stereocenters. The lowest BCUT2D eigenvalue weighted by molar-refractivity contribution is 0.134. The first-order valence-corrected chi connectivity index (χ1v) is 8.62. The Morgan fingerprint density at radius 3 is 2.67 bits per heavy atom. The fourth-order valence-corrected chi connectivity index (χ4v) is 2.33. The lowest BCUT2D eigenvalue weighted by Gasteiger charge is -2.19. The van der Waals surface area contributed by atoms with Gasteiger partial charge in [0.1, 0.15) is 6.33 Å². The molecule has 0 spiro atoms. The van der Waals surface area contributed by atoms with Crippen LogP contribution in [0, 0.1) is 0 Å². The number of amides is 1. The van der Waals surface area contributed by atoms with Crippen molar-refractivity contribution in [2.45, 2.75) is 32.3 Å². The van der Waals surface area contributed by atoms with E-state index in [1.165, 1.54) is 6.92 Å². The van der Waals surface area contributed by atoms with Gasteiger partial charge >= 0.3 is 6.03 Å². The molecule has 0 saturated heterocycles. The zero-order valence-corrected chi connectivity index (χ0v) is 13.5. The summed E-state index contributed by atoms with van der Waals surface area (Å²) in [6.07, 6.45) is 1.85. The van der Waals surface area contributed by atoms with Crippen LogP contribution >= 0.6 is 0 Å². The molecule has 0 fully saturated rings. The summed E-state index contributed by atoms with van der Waals surface area (Å²) >= 11 is 0. The summed E-state index contributed by atoms with van der Waals surface area (Å²) in [4.78, 5) is 17.5. The number of hydrogen-bond donors (Lipinski definition) is 0. The van der Waals surface area contributed by atoms with Crippen LogP contribution < -0.4 is 0 Å². The first-order valence-electron chi connectivity index (χ1n) is 6.97. The van der Waals surface area contributed by atoms with Crippen molar-refractivity contribution in [2.75, 3.05) is 32.1 Å². The highest BCUT2D eigenvalue weighted by molar-refractivity contribution is 7.91. The van der Waals surface area contributed by atoms with Crippen LogP contribution in [0.15, 0.2) is 11.5 Å². The molecule has 0 aliphatic heterocycles. The summed E-state index contributed by atoms with van der Waals surface area (Å²) in [6.45, 7) is 7.50. The highest BCUT2D eigenvalue weighted by atomic mass is 32.2. The summed E-state index contributed by atoms with van der Waals surface area (Å²) in [5, 5.41) is 3.45. The molecule has 0 bridgehead atoms. The standard InChI is InChI=1S/C12H22N4O4S/c1-4-15(8-7-9-20-5-2)12(17)16-10-13-11(14-16)21(18,19)6-3/h10H,4-9H2,1-3H3. The summed E-state index contributed by atoms with van der Waals surface area (Å²) in [7, 11) is -3.50. The molecule has 1 heterocycles. The number of nitrogens with zero attached hydrogens (tertiary/aromatic N) is 4. The average molecular weight is 318 g/mol. The number of ether oxygens (including phenoxy) is 1. The quantitative estimate of drug-likeness (QED) is 0.658. The van der Waals surface area contributed by atoms with Crippen molar-refractivity contribution >= 4 is 15.9 Å². The third kappa shape index (κ3) is 4.78. The Morgan fingerprint density at radius 2 is 2.10 bits per heavy atom. The van der Waals surface area contributed by atoms with E-state index >= 15 is 0 Å². The minimum atomic E-state index is -3.50. The molecule has 0 N–H and O–H groups in total. The van der Waals surface area contributed by atoms with Crippen molar-refractivity contribution in [2.24, 2.45) is 0 Å². The monoisotopic (exact) mass is 318 g/mol. The Morgan fingerprint density at radius 1 is 1.38 bits per heavy atom. The normalized spacial score (nSPS) is 11.6. The number of carbonyl (C=O) groups excluding carboxylic acids is 1. The number of rotatable bonds is 8. The van der Waals surface area contributed by atoms with Crippen molar-refractivity contribution < 1.29 is 17.9 Å². The van der Waals surface area contributed by atoms with E-state index in [2.05, 4.69) is 10.1 Å². The minimum Gasteiger partial charge on any atom is -0.382 e. The first-order chi connectivity index (χ1) is 9.96. The average Bonchev–Trinajstić information content (AvgIpc) is 2.97. The number of aromatic nitrogens is 3. The molecule has 1 aromatic heterocycles. The molecule has 1 aromatic rings. The van der Waals surface area contributed by atoms with Crippen LogP contribution in [-0.4, -0.2) is 66.2 Å².